The molecule has 0 radical (unpaired) electrons. The van der Waals surface area contributed by atoms with Crippen molar-refractivity contribution in [2.24, 2.45) is 11.1 Å². The summed E-state index contributed by atoms with van der Waals surface area (Å²) in [6.07, 6.45) is 2.44. The van der Waals surface area contributed by atoms with Crippen LogP contribution in [-0.4, -0.2) is 16.9 Å². The van der Waals surface area contributed by atoms with Crippen molar-refractivity contribution in [3.63, 3.8) is 0 Å². The van der Waals surface area contributed by atoms with Crippen molar-refractivity contribution in [2.75, 3.05) is 5.32 Å². The Bertz CT molecular complexity index is 387. The van der Waals surface area contributed by atoms with Crippen LogP contribution in [0, 0.1) is 11.2 Å². The first-order valence-corrected chi connectivity index (χ1v) is 4.98. The van der Waals surface area contributed by atoms with E-state index in [1.165, 1.54) is 12.3 Å². The maximum Gasteiger partial charge on any atom is 0.241 e. The van der Waals surface area contributed by atoms with Gasteiger partial charge in [-0.25, -0.2) is 4.39 Å². The number of halogens is 1. The minimum Gasteiger partial charge on any atom is -0.322 e. The molecule has 88 valence electrons. The van der Waals surface area contributed by atoms with Crippen molar-refractivity contribution < 1.29 is 9.18 Å². The molecule has 1 atom stereocenters. The second-order valence-electron chi connectivity index (χ2n) is 4.69. The molecule has 0 saturated heterocycles. The molecule has 0 aliphatic rings. The van der Waals surface area contributed by atoms with Crippen LogP contribution in [0.15, 0.2) is 18.5 Å². The van der Waals surface area contributed by atoms with Crippen LogP contribution in [-0.2, 0) is 4.79 Å². The minimum absolute atomic E-state index is 0.0969. The summed E-state index contributed by atoms with van der Waals surface area (Å²) in [6.45, 7) is 5.54. The number of amides is 1. The SMILES string of the molecule is CC(C)(C)C(N)C(=O)Nc1ccncc1F. The Morgan fingerprint density at radius 3 is 2.69 bits per heavy atom. The van der Waals surface area contributed by atoms with E-state index in [9.17, 15) is 9.18 Å². The van der Waals surface area contributed by atoms with Gasteiger partial charge in [0, 0.05) is 6.20 Å². The molecule has 0 fully saturated rings. The molecule has 5 heteroatoms. The van der Waals surface area contributed by atoms with E-state index in [2.05, 4.69) is 10.3 Å². The maximum atomic E-state index is 13.2. The van der Waals surface area contributed by atoms with Gasteiger partial charge in [0.15, 0.2) is 5.82 Å². The third-order valence-electron chi connectivity index (χ3n) is 2.25. The van der Waals surface area contributed by atoms with Gasteiger partial charge in [0.1, 0.15) is 0 Å². The van der Waals surface area contributed by atoms with Crippen LogP contribution >= 0.6 is 0 Å². The highest BCUT2D eigenvalue weighted by Crippen LogP contribution is 2.19. The number of carbonyl (C=O) groups excluding carboxylic acids is 1. The maximum absolute atomic E-state index is 13.2. The second kappa shape index (κ2) is 4.57. The third-order valence-corrected chi connectivity index (χ3v) is 2.25. The van der Waals surface area contributed by atoms with Crippen molar-refractivity contribution >= 4 is 11.6 Å². The fourth-order valence-corrected chi connectivity index (χ4v) is 1.08. The first-order chi connectivity index (χ1) is 7.32. The molecule has 0 aliphatic heterocycles. The summed E-state index contributed by atoms with van der Waals surface area (Å²) in [5.74, 6) is -0.977. The third kappa shape index (κ3) is 3.00. The van der Waals surface area contributed by atoms with Crippen molar-refractivity contribution in [1.29, 1.82) is 0 Å². The van der Waals surface area contributed by atoms with Gasteiger partial charge in [0.2, 0.25) is 5.91 Å². The summed E-state index contributed by atoms with van der Waals surface area (Å²) >= 11 is 0. The Balaban J connectivity index is 2.76. The predicted molar refractivity (Wildman–Crippen MR) is 60.3 cm³/mol. The number of aromatic nitrogens is 1. The van der Waals surface area contributed by atoms with E-state index < -0.39 is 17.8 Å². The van der Waals surface area contributed by atoms with Gasteiger partial charge in [0.05, 0.1) is 17.9 Å². The molecule has 0 aromatic carbocycles. The Kier molecular flexibility index (Phi) is 3.59. The van der Waals surface area contributed by atoms with E-state index in [0.29, 0.717) is 0 Å². The molecule has 3 N–H and O–H groups in total. The molecule has 1 rings (SSSR count). The average Bonchev–Trinajstić information content (AvgIpc) is 2.19. The molecule has 1 amide bonds. The molecule has 0 bridgehead atoms. The van der Waals surface area contributed by atoms with Crippen LogP contribution in [0.2, 0.25) is 0 Å². The highest BCUT2D eigenvalue weighted by Gasteiger charge is 2.27. The largest absolute Gasteiger partial charge is 0.322 e. The summed E-state index contributed by atoms with van der Waals surface area (Å²) in [5.41, 5.74) is 5.47. The van der Waals surface area contributed by atoms with Crippen LogP contribution in [0.5, 0.6) is 0 Å². The zero-order chi connectivity index (χ0) is 12.3. The van der Waals surface area contributed by atoms with Gasteiger partial charge in [-0.15, -0.1) is 0 Å². The summed E-state index contributed by atoms with van der Waals surface area (Å²) in [4.78, 5) is 15.3. The molecule has 1 aromatic heterocycles. The van der Waals surface area contributed by atoms with Gasteiger partial charge in [-0.1, -0.05) is 20.8 Å². The van der Waals surface area contributed by atoms with E-state index in [1.807, 2.05) is 20.8 Å². The van der Waals surface area contributed by atoms with Crippen LogP contribution in [0.1, 0.15) is 20.8 Å². The molecule has 1 unspecified atom stereocenters. The second-order valence-corrected chi connectivity index (χ2v) is 4.69. The minimum atomic E-state index is -0.694. The molecule has 16 heavy (non-hydrogen) atoms. The standard InChI is InChI=1S/C11H16FN3O/c1-11(2,3)9(13)10(16)15-8-4-5-14-6-7(8)12/h4-6,9H,13H2,1-3H3,(H,14,15,16). The molecule has 4 nitrogen and oxygen atoms in total. The quantitative estimate of drug-likeness (QED) is 0.802. The van der Waals surface area contributed by atoms with Crippen molar-refractivity contribution in [3.05, 3.63) is 24.3 Å². The van der Waals surface area contributed by atoms with Gasteiger partial charge < -0.3 is 11.1 Å². The number of hydrogen-bond donors (Lipinski definition) is 2. The lowest BCUT2D eigenvalue weighted by Crippen LogP contribution is -2.45. The van der Waals surface area contributed by atoms with Crippen LogP contribution in [0.4, 0.5) is 10.1 Å². The number of anilines is 1. The topological polar surface area (TPSA) is 68.0 Å². The number of nitrogens with one attached hydrogen (secondary N) is 1. The highest BCUT2D eigenvalue weighted by atomic mass is 19.1. The van der Waals surface area contributed by atoms with Crippen molar-refractivity contribution in [2.45, 2.75) is 26.8 Å². The Labute approximate surface area is 94.1 Å². The number of carbonyl (C=O) groups is 1. The zero-order valence-corrected chi connectivity index (χ0v) is 9.62. The number of pyridine rings is 1. The lowest BCUT2D eigenvalue weighted by molar-refractivity contribution is -0.119. The van der Waals surface area contributed by atoms with Gasteiger partial charge in [0.25, 0.3) is 0 Å². The van der Waals surface area contributed by atoms with Gasteiger partial charge in [-0.05, 0) is 11.5 Å². The first-order valence-electron chi connectivity index (χ1n) is 4.98. The molecule has 1 aromatic rings. The lowest BCUT2D eigenvalue weighted by Gasteiger charge is -2.25. The average molecular weight is 225 g/mol. The normalized spacial score (nSPS) is 13.3. The Hall–Kier alpha value is -1.49. The molecule has 0 aliphatic carbocycles. The number of nitrogens with zero attached hydrogens (tertiary/aromatic N) is 1. The molecular weight excluding hydrogens is 209 g/mol. The van der Waals surface area contributed by atoms with Gasteiger partial charge in [-0.3, -0.25) is 9.78 Å². The number of rotatable bonds is 2. The fraction of sp³-hybridized carbons (Fsp3) is 0.455. The van der Waals surface area contributed by atoms with E-state index in [1.54, 1.807) is 0 Å². The lowest BCUT2D eigenvalue weighted by atomic mass is 9.87. The summed E-state index contributed by atoms with van der Waals surface area (Å²) < 4.78 is 13.2. The number of nitrogens with two attached hydrogens (primary N) is 1. The first kappa shape index (κ1) is 12.6. The van der Waals surface area contributed by atoms with E-state index in [4.69, 9.17) is 5.73 Å². The van der Waals surface area contributed by atoms with E-state index in [-0.39, 0.29) is 11.1 Å². The van der Waals surface area contributed by atoms with Crippen LogP contribution in [0.3, 0.4) is 0 Å². The Morgan fingerprint density at radius 1 is 1.56 bits per heavy atom. The summed E-state index contributed by atoms with van der Waals surface area (Å²) in [5, 5.41) is 2.44. The molecule has 1 heterocycles. The fourth-order valence-electron chi connectivity index (χ4n) is 1.08. The molecule has 0 spiro atoms. The molecule has 0 saturated carbocycles. The van der Waals surface area contributed by atoms with Crippen molar-refractivity contribution in [1.82, 2.24) is 4.98 Å². The summed E-state index contributed by atoms with van der Waals surface area (Å²) in [6, 6.07) is 0.697. The monoisotopic (exact) mass is 225 g/mol. The zero-order valence-electron chi connectivity index (χ0n) is 9.62. The van der Waals surface area contributed by atoms with Crippen molar-refractivity contribution in [3.8, 4) is 0 Å². The van der Waals surface area contributed by atoms with Gasteiger partial charge in [-0.2, -0.15) is 0 Å². The summed E-state index contributed by atoms with van der Waals surface area (Å²) in [7, 11) is 0. The highest BCUT2D eigenvalue weighted by molar-refractivity contribution is 5.95. The van der Waals surface area contributed by atoms with Crippen LogP contribution < -0.4 is 11.1 Å². The number of hydrogen-bond acceptors (Lipinski definition) is 3. The van der Waals surface area contributed by atoms with Crippen LogP contribution in [0.25, 0.3) is 0 Å². The van der Waals surface area contributed by atoms with Gasteiger partial charge >= 0.3 is 0 Å². The smallest absolute Gasteiger partial charge is 0.241 e. The predicted octanol–water partition coefficient (Wildman–Crippen LogP) is 1.53. The molecular formula is C11H16FN3O. The van der Waals surface area contributed by atoms with E-state index >= 15 is 0 Å². The van der Waals surface area contributed by atoms with E-state index in [0.717, 1.165) is 6.20 Å². The Morgan fingerprint density at radius 2 is 2.19 bits per heavy atom.